The first-order chi connectivity index (χ1) is 12.5. The Morgan fingerprint density at radius 3 is 2.62 bits per heavy atom. The number of carbonyl (C=O) groups excluding carboxylic acids is 1. The molecule has 0 spiro atoms. The first-order valence-corrected chi connectivity index (χ1v) is 8.52. The van der Waals surface area contributed by atoms with Gasteiger partial charge in [0.1, 0.15) is 5.75 Å². The first kappa shape index (κ1) is 19.9. The normalized spacial score (nSPS) is 11.2. The molecule has 0 N–H and O–H groups in total. The highest BCUT2D eigenvalue weighted by atomic mass is 79.9. The third-order valence-corrected chi connectivity index (χ3v) is 4.24. The number of aromatic nitrogens is 1. The summed E-state index contributed by atoms with van der Waals surface area (Å²) in [5.74, 6) is 0.601. The number of methoxy groups -OCH3 is 3. The fourth-order valence-corrected chi connectivity index (χ4v) is 2.61. The molecule has 2 aromatic rings. The van der Waals surface area contributed by atoms with Gasteiger partial charge < -0.3 is 18.9 Å². The molecular formula is C19H20BrNO5. The third kappa shape index (κ3) is 4.83. The molecule has 7 heteroatoms. The number of hydrogen-bond acceptors (Lipinski definition) is 6. The molecule has 0 saturated heterocycles. The van der Waals surface area contributed by atoms with Crippen LogP contribution < -0.4 is 9.47 Å². The van der Waals surface area contributed by atoms with Gasteiger partial charge in [-0.1, -0.05) is 6.07 Å². The molecule has 6 nitrogen and oxygen atoms in total. The van der Waals surface area contributed by atoms with E-state index in [1.165, 1.54) is 14.2 Å². The monoisotopic (exact) mass is 421 g/mol. The lowest BCUT2D eigenvalue weighted by molar-refractivity contribution is 0.0502. The smallest absolute Gasteiger partial charge is 0.337 e. The van der Waals surface area contributed by atoms with Crippen molar-refractivity contribution in [1.82, 2.24) is 4.98 Å². The van der Waals surface area contributed by atoms with E-state index in [1.807, 2.05) is 19.1 Å². The van der Waals surface area contributed by atoms with E-state index in [4.69, 9.17) is 18.9 Å². The maximum Gasteiger partial charge on any atom is 0.337 e. The van der Waals surface area contributed by atoms with E-state index in [0.717, 1.165) is 21.3 Å². The minimum absolute atomic E-state index is 0.0615. The second kappa shape index (κ2) is 9.35. The molecule has 2 rings (SSSR count). The molecule has 1 heterocycles. The second-order valence-electron chi connectivity index (χ2n) is 5.30. The Hall–Kier alpha value is -2.38. The molecule has 1 aromatic carbocycles. The molecule has 0 fully saturated rings. The van der Waals surface area contributed by atoms with Gasteiger partial charge in [0.15, 0.2) is 6.79 Å². The number of esters is 1. The fourth-order valence-electron chi connectivity index (χ4n) is 2.27. The van der Waals surface area contributed by atoms with Crippen LogP contribution in [0.15, 0.2) is 34.8 Å². The number of pyridine rings is 1. The van der Waals surface area contributed by atoms with Crippen LogP contribution in [0.2, 0.25) is 0 Å². The Bertz CT molecular complexity index is 820. The maximum absolute atomic E-state index is 11.8. The molecule has 0 aliphatic carbocycles. The van der Waals surface area contributed by atoms with Gasteiger partial charge in [-0.25, -0.2) is 9.78 Å². The molecular weight excluding hydrogens is 402 g/mol. The summed E-state index contributed by atoms with van der Waals surface area (Å²) in [5, 5.41) is 0. The molecule has 0 saturated carbocycles. The van der Waals surface area contributed by atoms with Gasteiger partial charge in [0, 0.05) is 23.2 Å². The van der Waals surface area contributed by atoms with Crippen molar-refractivity contribution in [3.63, 3.8) is 0 Å². The topological polar surface area (TPSA) is 66.9 Å². The van der Waals surface area contributed by atoms with Crippen LogP contribution >= 0.6 is 15.9 Å². The van der Waals surface area contributed by atoms with E-state index in [-0.39, 0.29) is 6.79 Å². The molecule has 0 bridgehead atoms. The minimum atomic E-state index is -0.433. The average Bonchev–Trinajstić information content (AvgIpc) is 2.67. The summed E-state index contributed by atoms with van der Waals surface area (Å²) in [6.07, 6.45) is 1.90. The number of ether oxygens (including phenoxy) is 4. The summed E-state index contributed by atoms with van der Waals surface area (Å²) in [6.45, 7) is 1.99. The van der Waals surface area contributed by atoms with Crippen molar-refractivity contribution in [2.45, 2.75) is 6.92 Å². The Kier molecular flexibility index (Phi) is 7.17. The lowest BCUT2D eigenvalue weighted by atomic mass is 10.0. The molecule has 0 aliphatic heterocycles. The van der Waals surface area contributed by atoms with E-state index in [2.05, 4.69) is 20.9 Å². The Morgan fingerprint density at radius 2 is 1.96 bits per heavy atom. The SMILES string of the molecule is COCOc1cc(C(=O)OC)ccc1C(C)=Cc1nc(OC)ccc1Br. The standard InChI is InChI=1S/C19H20BrNO5/c1-12(9-16-15(20)7-8-18(21-16)24-3)14-6-5-13(19(22)25-4)10-17(14)26-11-23-2/h5-10H,11H2,1-4H3. The Labute approximate surface area is 160 Å². The highest BCUT2D eigenvalue weighted by Gasteiger charge is 2.13. The van der Waals surface area contributed by atoms with Crippen LogP contribution in [0.4, 0.5) is 0 Å². The summed E-state index contributed by atoms with van der Waals surface area (Å²) in [4.78, 5) is 16.2. The van der Waals surface area contributed by atoms with E-state index < -0.39 is 5.97 Å². The molecule has 0 aliphatic rings. The van der Waals surface area contributed by atoms with Crippen LogP contribution in [0.25, 0.3) is 11.6 Å². The van der Waals surface area contributed by atoms with Crippen LogP contribution in [0, 0.1) is 0 Å². The summed E-state index contributed by atoms with van der Waals surface area (Å²) in [7, 11) is 4.44. The van der Waals surface area contributed by atoms with E-state index in [1.54, 1.807) is 31.4 Å². The zero-order valence-corrected chi connectivity index (χ0v) is 16.6. The van der Waals surface area contributed by atoms with Gasteiger partial charge in [0.25, 0.3) is 0 Å². The van der Waals surface area contributed by atoms with Crippen molar-refractivity contribution >= 4 is 33.5 Å². The second-order valence-corrected chi connectivity index (χ2v) is 6.16. The molecule has 0 atom stereocenters. The lowest BCUT2D eigenvalue weighted by Gasteiger charge is -2.13. The number of rotatable bonds is 7. The van der Waals surface area contributed by atoms with Crippen LogP contribution in [-0.2, 0) is 9.47 Å². The highest BCUT2D eigenvalue weighted by molar-refractivity contribution is 9.10. The molecule has 0 unspecified atom stereocenters. The molecule has 138 valence electrons. The van der Waals surface area contributed by atoms with Gasteiger partial charge in [-0.2, -0.15) is 0 Å². The summed E-state index contributed by atoms with van der Waals surface area (Å²) < 4.78 is 21.4. The summed E-state index contributed by atoms with van der Waals surface area (Å²) in [6, 6.07) is 8.76. The maximum atomic E-state index is 11.8. The first-order valence-electron chi connectivity index (χ1n) is 7.73. The molecule has 0 radical (unpaired) electrons. The van der Waals surface area contributed by atoms with E-state index in [0.29, 0.717) is 17.2 Å². The largest absolute Gasteiger partial charge is 0.481 e. The molecule has 26 heavy (non-hydrogen) atoms. The predicted octanol–water partition coefficient (Wildman–Crippen LogP) is 4.18. The van der Waals surface area contributed by atoms with Gasteiger partial charge >= 0.3 is 5.97 Å². The summed E-state index contributed by atoms with van der Waals surface area (Å²) in [5.41, 5.74) is 2.83. The lowest BCUT2D eigenvalue weighted by Crippen LogP contribution is -2.05. The molecule has 0 amide bonds. The number of carbonyl (C=O) groups is 1. The number of benzene rings is 1. The van der Waals surface area contributed by atoms with Gasteiger partial charge in [-0.15, -0.1) is 0 Å². The fraction of sp³-hybridized carbons (Fsp3) is 0.263. The Balaban J connectivity index is 2.46. The van der Waals surface area contributed by atoms with Crippen molar-refractivity contribution in [2.24, 2.45) is 0 Å². The zero-order chi connectivity index (χ0) is 19.1. The van der Waals surface area contributed by atoms with Crippen LogP contribution in [0.5, 0.6) is 11.6 Å². The summed E-state index contributed by atoms with van der Waals surface area (Å²) >= 11 is 3.49. The van der Waals surface area contributed by atoms with Gasteiger partial charge in [0.2, 0.25) is 5.88 Å². The van der Waals surface area contributed by atoms with E-state index >= 15 is 0 Å². The number of nitrogens with zero attached hydrogens (tertiary/aromatic N) is 1. The van der Waals surface area contributed by atoms with Crippen molar-refractivity contribution in [2.75, 3.05) is 28.1 Å². The molecule has 1 aromatic heterocycles. The van der Waals surface area contributed by atoms with Gasteiger partial charge in [-0.05, 0) is 52.7 Å². The van der Waals surface area contributed by atoms with Crippen LogP contribution in [0.1, 0.15) is 28.5 Å². The van der Waals surface area contributed by atoms with Crippen molar-refractivity contribution in [1.29, 1.82) is 0 Å². The number of halogens is 1. The Morgan fingerprint density at radius 1 is 1.19 bits per heavy atom. The van der Waals surface area contributed by atoms with Crippen molar-refractivity contribution < 1.29 is 23.7 Å². The highest BCUT2D eigenvalue weighted by Crippen LogP contribution is 2.30. The number of allylic oxidation sites excluding steroid dienone is 1. The predicted molar refractivity (Wildman–Crippen MR) is 102 cm³/mol. The van der Waals surface area contributed by atoms with Crippen LogP contribution in [0.3, 0.4) is 0 Å². The van der Waals surface area contributed by atoms with E-state index in [9.17, 15) is 4.79 Å². The average molecular weight is 422 g/mol. The van der Waals surface area contributed by atoms with Crippen molar-refractivity contribution in [3.8, 4) is 11.6 Å². The quantitative estimate of drug-likeness (QED) is 0.493. The third-order valence-electron chi connectivity index (χ3n) is 3.57. The van der Waals surface area contributed by atoms with Gasteiger partial charge in [-0.3, -0.25) is 0 Å². The van der Waals surface area contributed by atoms with Gasteiger partial charge in [0.05, 0.1) is 25.5 Å². The minimum Gasteiger partial charge on any atom is -0.481 e. The van der Waals surface area contributed by atoms with Crippen molar-refractivity contribution in [3.05, 3.63) is 51.6 Å². The van der Waals surface area contributed by atoms with Crippen LogP contribution in [-0.4, -0.2) is 39.1 Å². The zero-order valence-electron chi connectivity index (χ0n) is 15.0. The number of hydrogen-bond donors (Lipinski definition) is 0.